The van der Waals surface area contributed by atoms with Crippen molar-refractivity contribution in [3.63, 3.8) is 0 Å². The number of fused-ring (bicyclic) bond motifs is 1. The molecule has 1 aromatic carbocycles. The third kappa shape index (κ3) is 2.39. The molecular formula is C16H17N5O2. The van der Waals surface area contributed by atoms with Crippen molar-refractivity contribution in [3.8, 4) is 5.82 Å². The summed E-state index contributed by atoms with van der Waals surface area (Å²) in [5.41, 5.74) is 1.50. The second-order valence-electron chi connectivity index (χ2n) is 5.53. The number of morpholine rings is 1. The Morgan fingerprint density at radius 2 is 1.96 bits per heavy atom. The first-order valence-electron chi connectivity index (χ1n) is 7.58. The molecule has 1 fully saturated rings. The van der Waals surface area contributed by atoms with Crippen molar-refractivity contribution in [1.29, 1.82) is 0 Å². The first-order valence-corrected chi connectivity index (χ1v) is 7.58. The highest BCUT2D eigenvalue weighted by Crippen LogP contribution is 2.19. The van der Waals surface area contributed by atoms with Gasteiger partial charge in [-0.05, 0) is 6.07 Å². The van der Waals surface area contributed by atoms with Crippen molar-refractivity contribution in [1.82, 2.24) is 19.6 Å². The van der Waals surface area contributed by atoms with Crippen LogP contribution in [0.4, 0.5) is 5.69 Å². The molecule has 1 aliphatic heterocycles. The summed E-state index contributed by atoms with van der Waals surface area (Å²) in [7, 11) is 1.67. The van der Waals surface area contributed by atoms with Crippen molar-refractivity contribution in [3.05, 3.63) is 46.9 Å². The molecule has 0 aliphatic carbocycles. The van der Waals surface area contributed by atoms with Gasteiger partial charge in [0.25, 0.3) is 5.56 Å². The van der Waals surface area contributed by atoms with E-state index in [0.29, 0.717) is 37.8 Å². The van der Waals surface area contributed by atoms with Gasteiger partial charge in [0.1, 0.15) is 5.69 Å². The molecule has 0 unspecified atom stereocenters. The van der Waals surface area contributed by atoms with E-state index in [2.05, 4.69) is 10.2 Å². The first kappa shape index (κ1) is 14.0. The molecule has 7 heteroatoms. The SMILES string of the molecule is Cn1nc(-n2ncc3ccccc32)cc(N2CCOCC2)c1=O. The third-order valence-corrected chi connectivity index (χ3v) is 4.08. The number of hydrogen-bond acceptors (Lipinski definition) is 5. The van der Waals surface area contributed by atoms with Crippen LogP contribution < -0.4 is 10.5 Å². The molecule has 4 rings (SSSR count). The molecule has 3 aromatic rings. The van der Waals surface area contributed by atoms with E-state index in [9.17, 15) is 4.79 Å². The zero-order valence-electron chi connectivity index (χ0n) is 12.8. The molecule has 1 saturated heterocycles. The quantitative estimate of drug-likeness (QED) is 0.705. The Morgan fingerprint density at radius 1 is 1.17 bits per heavy atom. The third-order valence-electron chi connectivity index (χ3n) is 4.08. The molecule has 0 amide bonds. The monoisotopic (exact) mass is 311 g/mol. The lowest BCUT2D eigenvalue weighted by Gasteiger charge is -2.28. The van der Waals surface area contributed by atoms with Crippen molar-refractivity contribution >= 4 is 16.6 Å². The number of aryl methyl sites for hydroxylation is 1. The predicted molar refractivity (Wildman–Crippen MR) is 87.1 cm³/mol. The van der Waals surface area contributed by atoms with E-state index in [1.165, 1.54) is 4.68 Å². The normalized spacial score (nSPS) is 15.3. The van der Waals surface area contributed by atoms with Crippen LogP contribution in [0, 0.1) is 0 Å². The van der Waals surface area contributed by atoms with Gasteiger partial charge in [-0.2, -0.15) is 5.10 Å². The summed E-state index contributed by atoms with van der Waals surface area (Å²) < 4.78 is 8.50. The number of aromatic nitrogens is 4. The van der Waals surface area contributed by atoms with Crippen LogP contribution in [-0.2, 0) is 11.8 Å². The van der Waals surface area contributed by atoms with Crippen LogP contribution in [0.25, 0.3) is 16.7 Å². The summed E-state index contributed by atoms with van der Waals surface area (Å²) >= 11 is 0. The van der Waals surface area contributed by atoms with E-state index < -0.39 is 0 Å². The zero-order chi connectivity index (χ0) is 15.8. The van der Waals surface area contributed by atoms with Gasteiger partial charge >= 0.3 is 0 Å². The minimum Gasteiger partial charge on any atom is -0.378 e. The predicted octanol–water partition coefficient (Wildman–Crippen LogP) is 0.956. The van der Waals surface area contributed by atoms with Gasteiger partial charge < -0.3 is 9.64 Å². The van der Waals surface area contributed by atoms with Crippen LogP contribution in [0.2, 0.25) is 0 Å². The summed E-state index contributed by atoms with van der Waals surface area (Å²) in [5, 5.41) is 9.82. The Balaban J connectivity index is 1.86. The van der Waals surface area contributed by atoms with E-state index in [0.717, 1.165) is 10.9 Å². The zero-order valence-corrected chi connectivity index (χ0v) is 12.8. The molecule has 0 spiro atoms. The molecule has 0 atom stereocenters. The lowest BCUT2D eigenvalue weighted by Crippen LogP contribution is -2.40. The van der Waals surface area contributed by atoms with Crippen LogP contribution >= 0.6 is 0 Å². The molecule has 7 nitrogen and oxygen atoms in total. The van der Waals surface area contributed by atoms with Crippen LogP contribution in [0.5, 0.6) is 0 Å². The van der Waals surface area contributed by atoms with Gasteiger partial charge in [0.15, 0.2) is 5.82 Å². The van der Waals surface area contributed by atoms with Crippen LogP contribution in [0.15, 0.2) is 41.3 Å². The topological polar surface area (TPSA) is 65.2 Å². The van der Waals surface area contributed by atoms with Crippen molar-refractivity contribution < 1.29 is 4.74 Å². The number of para-hydroxylation sites is 1. The number of hydrogen-bond donors (Lipinski definition) is 0. The molecular weight excluding hydrogens is 294 g/mol. The van der Waals surface area contributed by atoms with Crippen LogP contribution in [0.1, 0.15) is 0 Å². The lowest BCUT2D eigenvalue weighted by atomic mass is 10.2. The highest BCUT2D eigenvalue weighted by molar-refractivity contribution is 5.79. The fourth-order valence-corrected chi connectivity index (χ4v) is 2.87. The molecule has 0 bridgehead atoms. The Bertz CT molecular complexity index is 908. The molecule has 1 aliphatic rings. The smallest absolute Gasteiger partial charge is 0.290 e. The van der Waals surface area contributed by atoms with E-state index >= 15 is 0 Å². The molecule has 0 radical (unpaired) electrons. The largest absolute Gasteiger partial charge is 0.378 e. The van der Waals surface area contributed by atoms with E-state index in [1.54, 1.807) is 17.9 Å². The summed E-state index contributed by atoms with van der Waals surface area (Å²) in [5.74, 6) is 0.634. The van der Waals surface area contributed by atoms with Gasteiger partial charge in [-0.15, -0.1) is 5.10 Å². The number of rotatable bonds is 2. The van der Waals surface area contributed by atoms with Gasteiger partial charge in [-0.25, -0.2) is 9.36 Å². The maximum absolute atomic E-state index is 12.4. The highest BCUT2D eigenvalue weighted by atomic mass is 16.5. The number of benzene rings is 1. The van der Waals surface area contributed by atoms with Gasteiger partial charge in [-0.3, -0.25) is 4.79 Å². The Kier molecular flexibility index (Phi) is 3.34. The van der Waals surface area contributed by atoms with Crippen molar-refractivity contribution in [2.45, 2.75) is 0 Å². The average Bonchev–Trinajstić information content (AvgIpc) is 3.02. The number of ether oxygens (including phenoxy) is 1. The Morgan fingerprint density at radius 3 is 2.78 bits per heavy atom. The van der Waals surface area contributed by atoms with Gasteiger partial charge in [-0.1, -0.05) is 18.2 Å². The van der Waals surface area contributed by atoms with Crippen LogP contribution in [0.3, 0.4) is 0 Å². The summed E-state index contributed by atoms with van der Waals surface area (Å²) in [4.78, 5) is 14.5. The average molecular weight is 311 g/mol. The maximum Gasteiger partial charge on any atom is 0.290 e. The summed E-state index contributed by atoms with van der Waals surface area (Å²) in [6.45, 7) is 2.67. The standard InChI is InChI=1S/C16H17N5O2/c1-19-16(22)14(20-6-8-23-9-7-20)10-15(18-19)21-13-5-3-2-4-12(13)11-17-21/h2-5,10-11H,6-9H2,1H3. The second kappa shape index (κ2) is 5.51. The number of nitrogens with zero attached hydrogens (tertiary/aromatic N) is 5. The van der Waals surface area contributed by atoms with Crippen molar-refractivity contribution in [2.75, 3.05) is 31.2 Å². The fraction of sp³-hybridized carbons (Fsp3) is 0.312. The van der Waals surface area contributed by atoms with Gasteiger partial charge in [0.2, 0.25) is 0 Å². The fourth-order valence-electron chi connectivity index (χ4n) is 2.87. The van der Waals surface area contributed by atoms with Crippen molar-refractivity contribution in [2.24, 2.45) is 7.05 Å². The molecule has 23 heavy (non-hydrogen) atoms. The van der Waals surface area contributed by atoms with Gasteiger partial charge in [0, 0.05) is 31.6 Å². The maximum atomic E-state index is 12.4. The molecule has 2 aromatic heterocycles. The Hall–Kier alpha value is -2.67. The van der Waals surface area contributed by atoms with E-state index in [4.69, 9.17) is 4.74 Å². The summed E-state index contributed by atoms with van der Waals surface area (Å²) in [6.07, 6.45) is 1.80. The van der Waals surface area contributed by atoms with E-state index in [-0.39, 0.29) is 5.56 Å². The molecule has 118 valence electrons. The number of anilines is 1. The van der Waals surface area contributed by atoms with Gasteiger partial charge in [0.05, 0.1) is 24.9 Å². The molecule has 3 heterocycles. The van der Waals surface area contributed by atoms with E-state index in [1.807, 2.05) is 35.2 Å². The highest BCUT2D eigenvalue weighted by Gasteiger charge is 2.18. The minimum atomic E-state index is -0.105. The summed E-state index contributed by atoms with van der Waals surface area (Å²) in [6, 6.07) is 9.74. The minimum absolute atomic E-state index is 0.105. The molecule has 0 N–H and O–H groups in total. The second-order valence-corrected chi connectivity index (χ2v) is 5.53. The first-order chi connectivity index (χ1) is 11.2. The lowest BCUT2D eigenvalue weighted by molar-refractivity contribution is 0.122. The van der Waals surface area contributed by atoms with Crippen LogP contribution in [-0.4, -0.2) is 45.9 Å². The molecule has 0 saturated carbocycles. The Labute approximate surface area is 132 Å².